The van der Waals surface area contributed by atoms with Crippen LogP contribution in [-0.4, -0.2) is 12.0 Å². The zero-order valence-electron chi connectivity index (χ0n) is 8.63. The molecule has 0 spiro atoms. The minimum Gasteiger partial charge on any atom is -0.448 e. The molecule has 1 aromatic rings. The third-order valence-electron chi connectivity index (χ3n) is 2.02. The predicted octanol–water partition coefficient (Wildman–Crippen LogP) is 1.98. The van der Waals surface area contributed by atoms with Crippen LogP contribution < -0.4 is 5.32 Å². The van der Waals surface area contributed by atoms with Crippen molar-refractivity contribution in [3.8, 4) is 0 Å². The van der Waals surface area contributed by atoms with E-state index in [2.05, 4.69) is 24.1 Å². The van der Waals surface area contributed by atoms with Crippen molar-refractivity contribution >= 4 is 0 Å². The van der Waals surface area contributed by atoms with Gasteiger partial charge in [-0.05, 0) is 19.4 Å². The van der Waals surface area contributed by atoms with E-state index in [0.29, 0.717) is 5.92 Å². The van der Waals surface area contributed by atoms with E-state index in [0.717, 1.165) is 30.8 Å². The Morgan fingerprint density at radius 2 is 2.31 bits per heavy atom. The van der Waals surface area contributed by atoms with Crippen LogP contribution in [0.2, 0.25) is 0 Å². The maximum atomic E-state index is 5.32. The Hall–Kier alpha value is -0.830. The molecule has 0 atom stereocenters. The average molecular weight is 182 g/mol. The summed E-state index contributed by atoms with van der Waals surface area (Å²) in [4.78, 5) is 4.15. The summed E-state index contributed by atoms with van der Waals surface area (Å²) in [6, 6.07) is 0. The molecule has 1 rings (SSSR count). The molecule has 1 aromatic heterocycles. The van der Waals surface area contributed by atoms with Gasteiger partial charge < -0.3 is 9.73 Å². The summed E-state index contributed by atoms with van der Waals surface area (Å²) in [6.45, 7) is 5.23. The van der Waals surface area contributed by atoms with E-state index in [1.807, 2.05) is 7.05 Å². The standard InChI is InChI=1S/C10H18N2O/c1-8(2)4-5-10-9(6-11-3)12-7-13-10/h7-8,11H,4-6H2,1-3H3. The molecule has 0 saturated heterocycles. The Balaban J connectivity index is 2.49. The van der Waals surface area contributed by atoms with E-state index in [-0.39, 0.29) is 0 Å². The van der Waals surface area contributed by atoms with E-state index in [9.17, 15) is 0 Å². The lowest BCUT2D eigenvalue weighted by molar-refractivity contribution is 0.468. The van der Waals surface area contributed by atoms with Crippen LogP contribution >= 0.6 is 0 Å². The molecule has 0 aromatic carbocycles. The fourth-order valence-corrected chi connectivity index (χ4v) is 1.23. The minimum absolute atomic E-state index is 0.715. The van der Waals surface area contributed by atoms with Gasteiger partial charge in [-0.1, -0.05) is 13.8 Å². The zero-order valence-corrected chi connectivity index (χ0v) is 8.63. The van der Waals surface area contributed by atoms with E-state index < -0.39 is 0 Å². The van der Waals surface area contributed by atoms with Crippen molar-refractivity contribution in [3.63, 3.8) is 0 Å². The lowest BCUT2D eigenvalue weighted by Gasteiger charge is -2.03. The van der Waals surface area contributed by atoms with Crippen molar-refractivity contribution in [2.24, 2.45) is 5.92 Å². The second-order valence-corrected chi connectivity index (χ2v) is 3.69. The predicted molar refractivity (Wildman–Crippen MR) is 52.4 cm³/mol. The van der Waals surface area contributed by atoms with Gasteiger partial charge in [0.2, 0.25) is 0 Å². The maximum absolute atomic E-state index is 5.32. The molecule has 0 unspecified atom stereocenters. The number of rotatable bonds is 5. The van der Waals surface area contributed by atoms with Crippen molar-refractivity contribution in [2.45, 2.75) is 33.2 Å². The topological polar surface area (TPSA) is 38.1 Å². The van der Waals surface area contributed by atoms with Crippen LogP contribution in [0.3, 0.4) is 0 Å². The first-order chi connectivity index (χ1) is 6.24. The molecule has 1 heterocycles. The fraction of sp³-hybridized carbons (Fsp3) is 0.700. The van der Waals surface area contributed by atoms with Gasteiger partial charge >= 0.3 is 0 Å². The molecule has 0 bridgehead atoms. The summed E-state index contributed by atoms with van der Waals surface area (Å²) in [7, 11) is 1.92. The van der Waals surface area contributed by atoms with Crippen molar-refractivity contribution < 1.29 is 4.42 Å². The first-order valence-corrected chi connectivity index (χ1v) is 4.80. The number of nitrogens with one attached hydrogen (secondary N) is 1. The zero-order chi connectivity index (χ0) is 9.68. The van der Waals surface area contributed by atoms with Crippen molar-refractivity contribution in [1.82, 2.24) is 10.3 Å². The summed E-state index contributed by atoms with van der Waals surface area (Å²) in [5, 5.41) is 3.08. The Labute approximate surface area is 79.5 Å². The van der Waals surface area contributed by atoms with Gasteiger partial charge in [-0.15, -0.1) is 0 Å². The van der Waals surface area contributed by atoms with E-state index in [1.54, 1.807) is 0 Å². The molecule has 3 nitrogen and oxygen atoms in total. The van der Waals surface area contributed by atoms with Crippen LogP contribution in [-0.2, 0) is 13.0 Å². The molecule has 0 radical (unpaired) electrons. The first-order valence-electron chi connectivity index (χ1n) is 4.80. The Morgan fingerprint density at radius 3 is 2.92 bits per heavy atom. The molecule has 13 heavy (non-hydrogen) atoms. The molecule has 0 fully saturated rings. The van der Waals surface area contributed by atoms with Gasteiger partial charge in [-0.25, -0.2) is 4.98 Å². The maximum Gasteiger partial charge on any atom is 0.181 e. The average Bonchev–Trinajstić information content (AvgIpc) is 2.49. The van der Waals surface area contributed by atoms with Crippen LogP contribution in [0, 0.1) is 5.92 Å². The third-order valence-corrected chi connectivity index (χ3v) is 2.02. The summed E-state index contributed by atoms with van der Waals surface area (Å²) >= 11 is 0. The molecule has 74 valence electrons. The Bertz CT molecular complexity index is 243. The molecular weight excluding hydrogens is 164 g/mol. The summed E-state index contributed by atoms with van der Waals surface area (Å²) in [5.74, 6) is 1.75. The number of oxazole rings is 1. The lowest BCUT2D eigenvalue weighted by atomic mass is 10.1. The summed E-state index contributed by atoms with van der Waals surface area (Å²) in [5.41, 5.74) is 1.04. The largest absolute Gasteiger partial charge is 0.448 e. The minimum atomic E-state index is 0.715. The molecule has 3 heteroatoms. The van der Waals surface area contributed by atoms with E-state index in [4.69, 9.17) is 4.42 Å². The second-order valence-electron chi connectivity index (χ2n) is 3.69. The molecule has 1 N–H and O–H groups in total. The second kappa shape index (κ2) is 5.02. The number of aromatic nitrogens is 1. The summed E-state index contributed by atoms with van der Waals surface area (Å²) in [6.07, 6.45) is 3.68. The molecule has 0 aliphatic heterocycles. The van der Waals surface area contributed by atoms with E-state index in [1.165, 1.54) is 6.39 Å². The third kappa shape index (κ3) is 3.19. The highest BCUT2D eigenvalue weighted by atomic mass is 16.3. The van der Waals surface area contributed by atoms with Gasteiger partial charge in [-0.3, -0.25) is 0 Å². The highest BCUT2D eigenvalue weighted by Crippen LogP contribution is 2.12. The van der Waals surface area contributed by atoms with Crippen molar-refractivity contribution in [3.05, 3.63) is 17.8 Å². The highest BCUT2D eigenvalue weighted by Gasteiger charge is 2.07. The van der Waals surface area contributed by atoms with Gasteiger partial charge in [0.1, 0.15) is 5.76 Å². The summed E-state index contributed by atoms with van der Waals surface area (Å²) < 4.78 is 5.32. The number of nitrogens with zero attached hydrogens (tertiary/aromatic N) is 1. The number of hydrogen-bond acceptors (Lipinski definition) is 3. The Morgan fingerprint density at radius 1 is 1.54 bits per heavy atom. The van der Waals surface area contributed by atoms with E-state index >= 15 is 0 Å². The van der Waals surface area contributed by atoms with Gasteiger partial charge in [0.05, 0.1) is 5.69 Å². The smallest absolute Gasteiger partial charge is 0.181 e. The Kier molecular flexibility index (Phi) is 3.96. The molecular formula is C10H18N2O. The van der Waals surface area contributed by atoms with Crippen LogP contribution in [0.25, 0.3) is 0 Å². The van der Waals surface area contributed by atoms with Gasteiger partial charge in [0.25, 0.3) is 0 Å². The van der Waals surface area contributed by atoms with Crippen LogP contribution in [0.15, 0.2) is 10.8 Å². The van der Waals surface area contributed by atoms with Gasteiger partial charge in [-0.2, -0.15) is 0 Å². The van der Waals surface area contributed by atoms with Crippen LogP contribution in [0.4, 0.5) is 0 Å². The quantitative estimate of drug-likeness (QED) is 0.756. The van der Waals surface area contributed by atoms with Crippen molar-refractivity contribution in [1.29, 1.82) is 0 Å². The van der Waals surface area contributed by atoms with Crippen LogP contribution in [0.1, 0.15) is 31.7 Å². The molecule has 0 amide bonds. The van der Waals surface area contributed by atoms with Gasteiger partial charge in [0.15, 0.2) is 6.39 Å². The SMILES string of the molecule is CNCc1ncoc1CCC(C)C. The molecule has 0 saturated carbocycles. The number of hydrogen-bond donors (Lipinski definition) is 1. The molecule has 0 aliphatic carbocycles. The number of aryl methyl sites for hydroxylation is 1. The van der Waals surface area contributed by atoms with Crippen LogP contribution in [0.5, 0.6) is 0 Å². The van der Waals surface area contributed by atoms with Crippen molar-refractivity contribution in [2.75, 3.05) is 7.05 Å². The normalized spacial score (nSPS) is 11.1. The fourth-order valence-electron chi connectivity index (χ4n) is 1.23. The lowest BCUT2D eigenvalue weighted by Crippen LogP contribution is -2.07. The molecule has 0 aliphatic rings. The highest BCUT2D eigenvalue weighted by molar-refractivity contribution is 5.06. The van der Waals surface area contributed by atoms with Gasteiger partial charge in [0, 0.05) is 13.0 Å². The first kappa shape index (κ1) is 10.3. The monoisotopic (exact) mass is 182 g/mol.